The maximum Gasteiger partial charge on any atom is 0.129 e. The van der Waals surface area contributed by atoms with Crippen molar-refractivity contribution in [3.8, 4) is 17.0 Å². The molecule has 1 aromatic carbocycles. The van der Waals surface area contributed by atoms with Gasteiger partial charge in [0.05, 0.1) is 12.8 Å². The molecule has 0 amide bonds. The molecule has 0 unspecified atom stereocenters. The Morgan fingerprint density at radius 1 is 0.935 bits per heavy atom. The van der Waals surface area contributed by atoms with E-state index in [1.54, 1.807) is 13.4 Å². The second-order valence-electron chi connectivity index (χ2n) is 8.04. The molecule has 0 aliphatic heterocycles. The van der Waals surface area contributed by atoms with E-state index in [2.05, 4.69) is 50.8 Å². The van der Waals surface area contributed by atoms with Gasteiger partial charge >= 0.3 is 0 Å². The fourth-order valence-electron chi connectivity index (χ4n) is 3.35. The molecule has 3 N–H and O–H groups in total. The number of rotatable bonds is 11. The maximum atomic E-state index is 5.54. The second kappa shape index (κ2) is 10.7. The highest BCUT2D eigenvalue weighted by Crippen LogP contribution is 2.31. The summed E-state index contributed by atoms with van der Waals surface area (Å²) in [5.41, 5.74) is 2.80. The number of hydrogen-bond donors (Lipinski definition) is 3. The lowest BCUT2D eigenvalue weighted by Gasteiger charge is -2.27. The molecule has 3 aromatic rings. The molecular weight excluding hydrogens is 388 g/mol. The van der Waals surface area contributed by atoms with E-state index in [1.807, 2.05) is 49.6 Å². The summed E-state index contributed by atoms with van der Waals surface area (Å²) in [5.74, 6) is 2.54. The number of nitrogens with one attached hydrogen (secondary N) is 3. The first-order chi connectivity index (χ1) is 15.0. The van der Waals surface area contributed by atoms with Gasteiger partial charge in [-0.3, -0.25) is 0 Å². The van der Waals surface area contributed by atoms with Gasteiger partial charge in [-0.1, -0.05) is 32.0 Å². The Bertz CT molecular complexity index is 958. The van der Waals surface area contributed by atoms with Gasteiger partial charge in [-0.15, -0.1) is 0 Å². The fourth-order valence-corrected chi connectivity index (χ4v) is 3.35. The molecule has 2 aromatic heterocycles. The highest BCUT2D eigenvalue weighted by Gasteiger charge is 2.24. The quantitative estimate of drug-likeness (QED) is 0.405. The number of ether oxygens (including phenoxy) is 1. The van der Waals surface area contributed by atoms with Gasteiger partial charge in [0.2, 0.25) is 0 Å². The Morgan fingerprint density at radius 2 is 1.77 bits per heavy atom. The van der Waals surface area contributed by atoms with Crippen LogP contribution < -0.4 is 20.7 Å². The molecule has 7 nitrogen and oxygen atoms in total. The summed E-state index contributed by atoms with van der Waals surface area (Å²) in [6.07, 6.45) is 4.47. The van der Waals surface area contributed by atoms with Gasteiger partial charge in [-0.2, -0.15) is 0 Å². The summed E-state index contributed by atoms with van der Waals surface area (Å²) in [6, 6.07) is 14.1. The van der Waals surface area contributed by atoms with Crippen molar-refractivity contribution >= 4 is 11.6 Å². The van der Waals surface area contributed by atoms with Crippen LogP contribution in [0, 0.1) is 0 Å². The Labute approximate surface area is 184 Å². The molecule has 164 valence electrons. The van der Waals surface area contributed by atoms with Crippen molar-refractivity contribution in [1.82, 2.24) is 20.3 Å². The number of para-hydroxylation sites is 1. The highest BCUT2D eigenvalue weighted by molar-refractivity contribution is 5.62. The predicted octanol–water partition coefficient (Wildman–Crippen LogP) is 3.96. The fraction of sp³-hybridized carbons (Fsp3) is 0.375. The van der Waals surface area contributed by atoms with E-state index in [-0.39, 0.29) is 5.41 Å². The Hall–Kier alpha value is -3.19. The van der Waals surface area contributed by atoms with Crippen LogP contribution in [0.1, 0.15) is 25.8 Å². The highest BCUT2D eigenvalue weighted by atomic mass is 16.5. The molecule has 0 aliphatic rings. The zero-order chi connectivity index (χ0) is 22.1. The lowest BCUT2D eigenvalue weighted by atomic mass is 9.84. The van der Waals surface area contributed by atoms with Gasteiger partial charge in [-0.25, -0.2) is 15.0 Å². The van der Waals surface area contributed by atoms with Crippen molar-refractivity contribution in [1.29, 1.82) is 0 Å². The Morgan fingerprint density at radius 3 is 2.52 bits per heavy atom. The molecule has 0 atom stereocenters. The van der Waals surface area contributed by atoms with Crippen LogP contribution in [0.2, 0.25) is 0 Å². The molecule has 0 saturated heterocycles. The molecule has 2 heterocycles. The number of methoxy groups -OCH3 is 1. The third-order valence-electron chi connectivity index (χ3n) is 5.18. The zero-order valence-corrected chi connectivity index (χ0v) is 18.8. The van der Waals surface area contributed by atoms with Gasteiger partial charge in [0.1, 0.15) is 23.7 Å². The molecule has 0 radical (unpaired) electrons. The molecule has 0 aliphatic carbocycles. The minimum Gasteiger partial charge on any atom is -0.496 e. The van der Waals surface area contributed by atoms with Crippen LogP contribution in [-0.4, -0.2) is 48.7 Å². The van der Waals surface area contributed by atoms with Crippen LogP contribution in [0.5, 0.6) is 5.75 Å². The number of nitrogens with zero attached hydrogens (tertiary/aromatic N) is 3. The summed E-state index contributed by atoms with van der Waals surface area (Å²) >= 11 is 0. The Kier molecular flexibility index (Phi) is 7.78. The third-order valence-corrected chi connectivity index (χ3v) is 5.18. The van der Waals surface area contributed by atoms with E-state index in [9.17, 15) is 0 Å². The van der Waals surface area contributed by atoms with Crippen molar-refractivity contribution in [2.24, 2.45) is 0 Å². The van der Waals surface area contributed by atoms with E-state index in [4.69, 9.17) is 4.74 Å². The van der Waals surface area contributed by atoms with Gasteiger partial charge in [0.15, 0.2) is 0 Å². The first kappa shape index (κ1) is 22.5. The average Bonchev–Trinajstić information content (AvgIpc) is 2.81. The number of pyridine rings is 1. The standard InChI is InChI=1S/C24H32N6O/c1-24(2,19-8-5-6-9-21(19)31-4)16-28-23-14-20(29-17-30-23)18-10-11-22(27-15-18)26-13-7-12-25-3/h5-6,8-11,14-15,17,25H,7,12-13,16H2,1-4H3,(H,26,27)(H,28,29,30). The van der Waals surface area contributed by atoms with E-state index in [0.29, 0.717) is 6.54 Å². The van der Waals surface area contributed by atoms with E-state index < -0.39 is 0 Å². The van der Waals surface area contributed by atoms with E-state index >= 15 is 0 Å². The first-order valence-corrected chi connectivity index (χ1v) is 10.6. The lowest BCUT2D eigenvalue weighted by molar-refractivity contribution is 0.395. The monoisotopic (exact) mass is 420 g/mol. The SMILES string of the molecule is CNCCCNc1ccc(-c2cc(NCC(C)(C)c3ccccc3OC)ncn2)cn1. The molecule has 0 fully saturated rings. The van der Waals surface area contributed by atoms with Crippen molar-refractivity contribution in [3.63, 3.8) is 0 Å². The van der Waals surface area contributed by atoms with E-state index in [1.165, 1.54) is 0 Å². The molecule has 3 rings (SSSR count). The van der Waals surface area contributed by atoms with Crippen LogP contribution in [0.4, 0.5) is 11.6 Å². The van der Waals surface area contributed by atoms with E-state index in [0.717, 1.165) is 53.7 Å². The lowest BCUT2D eigenvalue weighted by Crippen LogP contribution is -2.28. The topological polar surface area (TPSA) is 84.0 Å². The average molecular weight is 421 g/mol. The molecule has 0 spiro atoms. The minimum atomic E-state index is -0.139. The largest absolute Gasteiger partial charge is 0.496 e. The maximum absolute atomic E-state index is 5.54. The summed E-state index contributed by atoms with van der Waals surface area (Å²) in [5, 5.41) is 9.91. The molecule has 0 bridgehead atoms. The third kappa shape index (κ3) is 6.15. The molecule has 31 heavy (non-hydrogen) atoms. The smallest absolute Gasteiger partial charge is 0.129 e. The second-order valence-corrected chi connectivity index (χ2v) is 8.04. The minimum absolute atomic E-state index is 0.139. The van der Waals surface area contributed by atoms with Gasteiger partial charge in [0, 0.05) is 41.9 Å². The summed E-state index contributed by atoms with van der Waals surface area (Å²) in [4.78, 5) is 13.3. The van der Waals surface area contributed by atoms with Crippen molar-refractivity contribution in [3.05, 3.63) is 60.6 Å². The summed E-state index contributed by atoms with van der Waals surface area (Å²) < 4.78 is 5.54. The van der Waals surface area contributed by atoms with Crippen LogP contribution in [-0.2, 0) is 5.41 Å². The van der Waals surface area contributed by atoms with Crippen LogP contribution in [0.3, 0.4) is 0 Å². The van der Waals surface area contributed by atoms with Gasteiger partial charge in [-0.05, 0) is 38.2 Å². The Balaban J connectivity index is 1.65. The van der Waals surface area contributed by atoms with Crippen LogP contribution in [0.25, 0.3) is 11.3 Å². The first-order valence-electron chi connectivity index (χ1n) is 10.6. The van der Waals surface area contributed by atoms with Crippen LogP contribution >= 0.6 is 0 Å². The van der Waals surface area contributed by atoms with Gasteiger partial charge < -0.3 is 20.7 Å². The number of benzene rings is 1. The molecular formula is C24H32N6O. The zero-order valence-electron chi connectivity index (χ0n) is 18.8. The summed E-state index contributed by atoms with van der Waals surface area (Å²) in [7, 11) is 3.66. The van der Waals surface area contributed by atoms with Crippen molar-refractivity contribution in [2.45, 2.75) is 25.7 Å². The number of anilines is 2. The van der Waals surface area contributed by atoms with Crippen molar-refractivity contribution in [2.75, 3.05) is 44.4 Å². The number of aromatic nitrogens is 3. The van der Waals surface area contributed by atoms with Gasteiger partial charge in [0.25, 0.3) is 0 Å². The van der Waals surface area contributed by atoms with Crippen LogP contribution in [0.15, 0.2) is 55.0 Å². The number of hydrogen-bond acceptors (Lipinski definition) is 7. The normalized spacial score (nSPS) is 11.2. The summed E-state index contributed by atoms with van der Waals surface area (Å²) in [6.45, 7) is 6.95. The predicted molar refractivity (Wildman–Crippen MR) is 127 cm³/mol. The molecule has 0 saturated carbocycles. The van der Waals surface area contributed by atoms with Crippen molar-refractivity contribution < 1.29 is 4.74 Å². The molecule has 7 heteroatoms.